The Morgan fingerprint density at radius 1 is 0.889 bits per heavy atom. The summed E-state index contributed by atoms with van der Waals surface area (Å²) in [6.45, 7) is 0. The third-order valence-corrected chi connectivity index (χ3v) is 4.58. The molecule has 2 aromatic rings. The van der Waals surface area contributed by atoms with E-state index in [0.29, 0.717) is 12.1 Å². The number of carbonyl (C=O) groups is 1. The van der Waals surface area contributed by atoms with E-state index < -0.39 is 51.8 Å². The molecule has 27 heavy (non-hydrogen) atoms. The number of carboxylic acid groups (broad SMARTS) is 1. The van der Waals surface area contributed by atoms with Crippen LogP contribution >= 0.6 is 0 Å². The fourth-order valence-corrected chi connectivity index (χ4v) is 2.91. The fourth-order valence-electron chi connectivity index (χ4n) is 2.91. The van der Waals surface area contributed by atoms with E-state index in [4.69, 9.17) is 0 Å². The molecule has 0 unspecified atom stereocenters. The number of benzene rings is 2. The van der Waals surface area contributed by atoms with Crippen LogP contribution in [-0.2, 0) is 22.6 Å². The fraction of sp³-hybridized carbons (Fsp3) is 0.278. The molecule has 1 saturated carbocycles. The predicted molar refractivity (Wildman–Crippen MR) is 80.4 cm³/mol. The SMILES string of the molecule is O=C(O)C1(c2ccc(-c3cc(C(F)(F)F)cc(C(F)(F)F)c3)c(F)c2)CC1. The van der Waals surface area contributed by atoms with Crippen molar-refractivity contribution in [2.45, 2.75) is 30.6 Å². The van der Waals surface area contributed by atoms with Gasteiger partial charge in [-0.3, -0.25) is 4.79 Å². The molecule has 1 fully saturated rings. The monoisotopic (exact) mass is 392 g/mol. The molecule has 0 saturated heterocycles. The van der Waals surface area contributed by atoms with Gasteiger partial charge in [-0.25, -0.2) is 4.39 Å². The first kappa shape index (κ1) is 19.2. The van der Waals surface area contributed by atoms with Crippen molar-refractivity contribution in [3.05, 3.63) is 58.9 Å². The number of alkyl halides is 6. The second-order valence-electron chi connectivity index (χ2n) is 6.38. The molecule has 0 heterocycles. The maximum Gasteiger partial charge on any atom is 0.416 e. The van der Waals surface area contributed by atoms with Gasteiger partial charge in [0.1, 0.15) is 5.82 Å². The smallest absolute Gasteiger partial charge is 0.416 e. The van der Waals surface area contributed by atoms with E-state index in [1.54, 1.807) is 0 Å². The van der Waals surface area contributed by atoms with E-state index in [2.05, 4.69) is 0 Å². The van der Waals surface area contributed by atoms with Gasteiger partial charge in [0.2, 0.25) is 0 Å². The molecule has 1 aliphatic rings. The molecule has 2 nitrogen and oxygen atoms in total. The zero-order chi connectivity index (χ0) is 20.2. The minimum Gasteiger partial charge on any atom is -0.481 e. The normalized spacial score (nSPS) is 16.3. The summed E-state index contributed by atoms with van der Waals surface area (Å²) in [4.78, 5) is 11.3. The molecule has 0 atom stereocenters. The Balaban J connectivity index is 2.12. The largest absolute Gasteiger partial charge is 0.481 e. The average molecular weight is 392 g/mol. The second kappa shape index (κ2) is 5.97. The van der Waals surface area contributed by atoms with Crippen LogP contribution in [-0.4, -0.2) is 11.1 Å². The van der Waals surface area contributed by atoms with Gasteiger partial charge in [0.05, 0.1) is 16.5 Å². The van der Waals surface area contributed by atoms with Gasteiger partial charge in [-0.15, -0.1) is 0 Å². The number of hydrogen-bond donors (Lipinski definition) is 1. The maximum atomic E-state index is 14.5. The Morgan fingerprint density at radius 3 is 1.78 bits per heavy atom. The third-order valence-electron chi connectivity index (χ3n) is 4.58. The molecule has 0 amide bonds. The Hall–Kier alpha value is -2.58. The Kier molecular flexibility index (Phi) is 4.24. The van der Waals surface area contributed by atoms with Crippen molar-refractivity contribution < 1.29 is 40.6 Å². The maximum absolute atomic E-state index is 14.5. The highest BCUT2D eigenvalue weighted by Crippen LogP contribution is 2.49. The first-order valence-corrected chi connectivity index (χ1v) is 7.68. The lowest BCUT2D eigenvalue weighted by Crippen LogP contribution is -2.19. The molecule has 0 bridgehead atoms. The number of hydrogen-bond acceptors (Lipinski definition) is 1. The quantitative estimate of drug-likeness (QED) is 0.686. The first-order chi connectivity index (χ1) is 12.3. The zero-order valence-electron chi connectivity index (χ0n) is 13.4. The number of rotatable bonds is 3. The lowest BCUT2D eigenvalue weighted by molar-refractivity contribution is -0.143. The van der Waals surface area contributed by atoms with Crippen LogP contribution in [0.25, 0.3) is 11.1 Å². The molecular formula is C18H11F7O2. The van der Waals surface area contributed by atoms with Gasteiger partial charge in [0.25, 0.3) is 0 Å². The van der Waals surface area contributed by atoms with Gasteiger partial charge >= 0.3 is 18.3 Å². The van der Waals surface area contributed by atoms with Gasteiger partial charge in [-0.2, -0.15) is 26.3 Å². The van der Waals surface area contributed by atoms with Gasteiger partial charge < -0.3 is 5.11 Å². The van der Waals surface area contributed by atoms with E-state index in [0.717, 1.165) is 12.1 Å². The molecule has 144 valence electrons. The summed E-state index contributed by atoms with van der Waals surface area (Å²) in [5.74, 6) is -2.25. The molecule has 9 heteroatoms. The molecule has 0 radical (unpaired) electrons. The van der Waals surface area contributed by atoms with Crippen LogP contribution in [0.3, 0.4) is 0 Å². The van der Waals surface area contributed by atoms with Crippen molar-refractivity contribution >= 4 is 5.97 Å². The summed E-state index contributed by atoms with van der Waals surface area (Å²) in [7, 11) is 0. The summed E-state index contributed by atoms with van der Waals surface area (Å²) < 4.78 is 92.1. The van der Waals surface area contributed by atoms with Crippen molar-refractivity contribution in [2.24, 2.45) is 0 Å². The van der Waals surface area contributed by atoms with Gasteiger partial charge in [-0.1, -0.05) is 12.1 Å². The van der Waals surface area contributed by atoms with Gasteiger partial charge in [-0.05, 0) is 48.2 Å². The van der Waals surface area contributed by atoms with Gasteiger partial charge in [0, 0.05) is 5.56 Å². The summed E-state index contributed by atoms with van der Waals surface area (Å²) in [6.07, 6.45) is -9.53. The molecule has 0 aromatic heterocycles. The zero-order valence-corrected chi connectivity index (χ0v) is 13.4. The third kappa shape index (κ3) is 3.50. The summed E-state index contributed by atoms with van der Waals surface area (Å²) in [5.41, 5.74) is -5.30. The van der Waals surface area contributed by atoms with Crippen molar-refractivity contribution in [3.63, 3.8) is 0 Å². The van der Waals surface area contributed by atoms with E-state index in [1.807, 2.05) is 0 Å². The highest BCUT2D eigenvalue weighted by Gasteiger charge is 2.52. The molecule has 2 aromatic carbocycles. The number of halogens is 7. The predicted octanol–water partition coefficient (Wildman–Crippen LogP) is 5.65. The van der Waals surface area contributed by atoms with Crippen LogP contribution in [0.4, 0.5) is 30.7 Å². The molecule has 1 aliphatic carbocycles. The summed E-state index contributed by atoms with van der Waals surface area (Å²) >= 11 is 0. The lowest BCUT2D eigenvalue weighted by Gasteiger charge is -2.16. The lowest BCUT2D eigenvalue weighted by atomic mass is 9.92. The van der Waals surface area contributed by atoms with Crippen LogP contribution in [0.15, 0.2) is 36.4 Å². The Labute approximate surface area is 148 Å². The van der Waals surface area contributed by atoms with Crippen LogP contribution in [0.2, 0.25) is 0 Å². The first-order valence-electron chi connectivity index (χ1n) is 7.68. The highest BCUT2D eigenvalue weighted by molar-refractivity contribution is 5.85. The summed E-state index contributed by atoms with van der Waals surface area (Å²) in [6, 6.07) is 3.88. The van der Waals surface area contributed by atoms with Crippen LogP contribution in [0, 0.1) is 5.82 Å². The minimum atomic E-state index is -5.05. The second-order valence-corrected chi connectivity index (χ2v) is 6.38. The standard InChI is InChI=1S/C18H11F7O2/c19-14-8-10(16(3-4-16)15(26)27)1-2-13(14)9-5-11(17(20,21)22)7-12(6-9)18(23,24)25/h1-2,5-8H,3-4H2,(H,26,27). The topological polar surface area (TPSA) is 37.3 Å². The van der Waals surface area contributed by atoms with E-state index in [1.165, 1.54) is 6.07 Å². The molecular weight excluding hydrogens is 381 g/mol. The van der Waals surface area contributed by atoms with Crippen molar-refractivity contribution in [1.82, 2.24) is 0 Å². The van der Waals surface area contributed by atoms with Crippen molar-refractivity contribution in [2.75, 3.05) is 0 Å². The van der Waals surface area contributed by atoms with E-state index >= 15 is 0 Å². The minimum absolute atomic E-state index is 0.0423. The molecule has 3 rings (SSSR count). The Morgan fingerprint density at radius 2 is 1.41 bits per heavy atom. The van der Waals surface area contributed by atoms with Gasteiger partial charge in [0.15, 0.2) is 0 Å². The Bertz CT molecular complexity index is 877. The van der Waals surface area contributed by atoms with E-state index in [-0.39, 0.29) is 24.5 Å². The van der Waals surface area contributed by atoms with Crippen molar-refractivity contribution in [3.8, 4) is 11.1 Å². The molecule has 0 spiro atoms. The summed E-state index contributed by atoms with van der Waals surface area (Å²) in [5, 5.41) is 9.21. The molecule has 0 aliphatic heterocycles. The van der Waals surface area contributed by atoms with E-state index in [9.17, 15) is 40.6 Å². The number of carboxylic acids is 1. The molecule has 1 N–H and O–H groups in total. The van der Waals surface area contributed by atoms with Crippen LogP contribution in [0.1, 0.15) is 29.5 Å². The highest BCUT2D eigenvalue weighted by atomic mass is 19.4. The van der Waals surface area contributed by atoms with Crippen LogP contribution < -0.4 is 0 Å². The number of aliphatic carboxylic acids is 1. The average Bonchev–Trinajstić information content (AvgIpc) is 3.34. The van der Waals surface area contributed by atoms with Crippen LogP contribution in [0.5, 0.6) is 0 Å². The van der Waals surface area contributed by atoms with Crippen molar-refractivity contribution in [1.29, 1.82) is 0 Å².